The number of nitrogens with zero attached hydrogens (tertiary/aromatic N) is 1. The molecule has 242 valence electrons. The number of halogens is 8. The minimum atomic E-state index is -5.17. The van der Waals surface area contributed by atoms with Crippen molar-refractivity contribution < 1.29 is 67.1 Å². The third kappa shape index (κ3) is 6.30. The number of rotatable bonds is 6. The molecule has 45 heavy (non-hydrogen) atoms. The maximum Gasteiger partial charge on any atom is 0.416 e. The van der Waals surface area contributed by atoms with Crippen molar-refractivity contribution in [3.05, 3.63) is 82.2 Å². The molecule has 17 heteroatoms. The van der Waals surface area contributed by atoms with Gasteiger partial charge < -0.3 is 23.7 Å². The van der Waals surface area contributed by atoms with Gasteiger partial charge in [-0.2, -0.15) is 30.4 Å². The number of carboxylic acid groups (broad SMARTS) is 1. The van der Waals surface area contributed by atoms with Gasteiger partial charge in [-0.3, -0.25) is 0 Å². The van der Waals surface area contributed by atoms with Gasteiger partial charge in [-0.05, 0) is 48.6 Å². The van der Waals surface area contributed by atoms with E-state index in [1.54, 1.807) is 0 Å². The Morgan fingerprint density at radius 1 is 0.867 bits per heavy atom. The van der Waals surface area contributed by atoms with Crippen LogP contribution in [0.5, 0.6) is 17.2 Å². The average Bonchev–Trinajstić information content (AvgIpc) is 3.00. The van der Waals surface area contributed by atoms with Gasteiger partial charge in [0.15, 0.2) is 0 Å². The van der Waals surface area contributed by atoms with E-state index >= 15 is 0 Å². The smallest absolute Gasteiger partial charge is 0.416 e. The van der Waals surface area contributed by atoms with Crippen LogP contribution in [0, 0.1) is 29.1 Å². The summed E-state index contributed by atoms with van der Waals surface area (Å²) in [7, 11) is -5.17. The number of hydrogen-bond acceptors (Lipinski definition) is 6. The standard InChI is InChI=1S/C28H21F8NO7S/c29-21-22(30)24(32)26(25(33)23(21)31)44-45(40,41)15-2-3-16-19(7-10-42-20(16)12-15)43-18-4-1-14(28(34,35)36)11-17(18)13-5-8-37(9-6-13)27(38)39/h1-4,11-13,19H,5-10H2,(H,38,39). The molecule has 1 amide bonds. The Bertz CT molecular complexity index is 1730. The first-order chi connectivity index (χ1) is 21.1. The maximum absolute atomic E-state index is 14.0. The molecule has 0 aliphatic carbocycles. The Morgan fingerprint density at radius 3 is 2.09 bits per heavy atom. The van der Waals surface area contributed by atoms with Gasteiger partial charge in [-0.25, -0.2) is 18.0 Å². The Kier molecular flexibility index (Phi) is 8.50. The second-order valence-electron chi connectivity index (χ2n) is 10.2. The molecule has 2 aliphatic heterocycles. The minimum Gasteiger partial charge on any atom is -0.493 e. The Hall–Kier alpha value is -4.28. The molecule has 0 bridgehead atoms. The van der Waals surface area contributed by atoms with Gasteiger partial charge in [0, 0.05) is 31.1 Å². The second-order valence-corrected chi connectivity index (χ2v) is 11.7. The molecule has 0 aromatic heterocycles. The molecule has 0 saturated carbocycles. The lowest BCUT2D eigenvalue weighted by Crippen LogP contribution is -2.37. The van der Waals surface area contributed by atoms with Gasteiger partial charge in [-0.1, -0.05) is 6.07 Å². The predicted molar refractivity (Wildman–Crippen MR) is 137 cm³/mol. The van der Waals surface area contributed by atoms with E-state index in [-0.39, 0.29) is 61.6 Å². The van der Waals surface area contributed by atoms with Gasteiger partial charge in [0.25, 0.3) is 0 Å². The van der Waals surface area contributed by atoms with Crippen LogP contribution in [0.15, 0.2) is 41.3 Å². The molecule has 0 radical (unpaired) electrons. The summed E-state index contributed by atoms with van der Waals surface area (Å²) in [6.45, 7) is 0.132. The van der Waals surface area contributed by atoms with E-state index < -0.39 is 79.7 Å². The minimum absolute atomic E-state index is 0.0629. The monoisotopic (exact) mass is 667 g/mol. The fraction of sp³-hybridized carbons (Fsp3) is 0.321. The highest BCUT2D eigenvalue weighted by molar-refractivity contribution is 7.87. The summed E-state index contributed by atoms with van der Waals surface area (Å²) in [5, 5.41) is 9.23. The number of likely N-dealkylation sites (tertiary alicyclic amines) is 1. The lowest BCUT2D eigenvalue weighted by Gasteiger charge is -2.33. The zero-order valence-corrected chi connectivity index (χ0v) is 23.5. The molecule has 3 aromatic carbocycles. The normalized spacial score (nSPS) is 17.4. The zero-order chi connectivity index (χ0) is 32.8. The number of hydrogen-bond donors (Lipinski definition) is 1. The fourth-order valence-electron chi connectivity index (χ4n) is 5.12. The van der Waals surface area contributed by atoms with Gasteiger partial charge in [0.05, 0.1) is 12.2 Å². The summed E-state index contributed by atoms with van der Waals surface area (Å²) >= 11 is 0. The lowest BCUT2D eigenvalue weighted by molar-refractivity contribution is -0.137. The SMILES string of the molecule is O=C(O)N1CCC(c2cc(C(F)(F)F)ccc2OC2CCOc3cc(S(=O)(=O)Oc4c(F)c(F)c(F)c(F)c4F)ccc32)CC1. The number of benzene rings is 3. The molecule has 1 atom stereocenters. The summed E-state index contributed by atoms with van der Waals surface area (Å²) < 4.78 is 151. The second kappa shape index (κ2) is 11.9. The molecule has 1 unspecified atom stereocenters. The van der Waals surface area contributed by atoms with E-state index in [1.165, 1.54) is 6.07 Å². The molecule has 0 spiro atoms. The fourth-order valence-corrected chi connectivity index (χ4v) is 6.07. The van der Waals surface area contributed by atoms with E-state index in [0.29, 0.717) is 0 Å². The van der Waals surface area contributed by atoms with E-state index in [1.807, 2.05) is 0 Å². The third-order valence-corrected chi connectivity index (χ3v) is 8.65. The van der Waals surface area contributed by atoms with E-state index in [9.17, 15) is 53.4 Å². The molecule has 1 N–H and O–H groups in total. The first-order valence-electron chi connectivity index (χ1n) is 13.2. The number of ether oxygens (including phenoxy) is 2. The van der Waals surface area contributed by atoms with Crippen molar-refractivity contribution in [2.45, 2.75) is 42.4 Å². The summed E-state index contributed by atoms with van der Waals surface area (Å²) in [5.74, 6) is -14.9. The van der Waals surface area contributed by atoms with Crippen molar-refractivity contribution in [3.63, 3.8) is 0 Å². The highest BCUT2D eigenvalue weighted by Gasteiger charge is 2.35. The summed E-state index contributed by atoms with van der Waals surface area (Å²) in [6, 6.07) is 5.89. The number of amides is 1. The van der Waals surface area contributed by atoms with Crippen LogP contribution in [0.25, 0.3) is 0 Å². The van der Waals surface area contributed by atoms with E-state index in [2.05, 4.69) is 4.18 Å². The van der Waals surface area contributed by atoms with E-state index in [4.69, 9.17) is 9.47 Å². The van der Waals surface area contributed by atoms with Crippen LogP contribution in [0.2, 0.25) is 0 Å². The molecule has 1 fully saturated rings. The largest absolute Gasteiger partial charge is 0.493 e. The summed E-state index contributed by atoms with van der Waals surface area (Å²) in [5.41, 5.74) is -0.483. The van der Waals surface area contributed by atoms with Crippen molar-refractivity contribution in [1.29, 1.82) is 0 Å². The van der Waals surface area contributed by atoms with Crippen LogP contribution in [0.4, 0.5) is 39.9 Å². The Morgan fingerprint density at radius 2 is 1.49 bits per heavy atom. The van der Waals surface area contributed by atoms with Gasteiger partial charge in [-0.15, -0.1) is 0 Å². The summed E-state index contributed by atoms with van der Waals surface area (Å²) in [6.07, 6.45) is -6.06. The van der Waals surface area contributed by atoms with Crippen LogP contribution in [0.1, 0.15) is 48.0 Å². The van der Waals surface area contributed by atoms with Gasteiger partial charge in [0.1, 0.15) is 22.5 Å². The third-order valence-electron chi connectivity index (χ3n) is 7.43. The van der Waals surface area contributed by atoms with Crippen molar-refractivity contribution in [3.8, 4) is 17.2 Å². The summed E-state index contributed by atoms with van der Waals surface area (Å²) in [4.78, 5) is 11.7. The molecule has 2 heterocycles. The molecular weight excluding hydrogens is 646 g/mol. The Labute approximate surface area is 249 Å². The number of alkyl halides is 3. The first kappa shape index (κ1) is 32.1. The van der Waals surface area contributed by atoms with Crippen LogP contribution in [0.3, 0.4) is 0 Å². The molecule has 5 rings (SSSR count). The number of carbonyl (C=O) groups is 1. The van der Waals surface area contributed by atoms with Crippen LogP contribution in [-0.2, 0) is 16.3 Å². The van der Waals surface area contributed by atoms with E-state index in [0.717, 1.165) is 35.2 Å². The average molecular weight is 668 g/mol. The van der Waals surface area contributed by atoms with Crippen LogP contribution in [-0.4, -0.2) is 44.2 Å². The van der Waals surface area contributed by atoms with Crippen LogP contribution < -0.4 is 13.7 Å². The van der Waals surface area contributed by atoms with Crippen molar-refractivity contribution >= 4 is 16.2 Å². The van der Waals surface area contributed by atoms with Crippen LogP contribution >= 0.6 is 0 Å². The predicted octanol–water partition coefficient (Wildman–Crippen LogP) is 6.93. The molecule has 8 nitrogen and oxygen atoms in total. The lowest BCUT2D eigenvalue weighted by atomic mass is 9.87. The molecule has 3 aromatic rings. The zero-order valence-electron chi connectivity index (χ0n) is 22.6. The first-order valence-corrected chi connectivity index (χ1v) is 14.6. The highest BCUT2D eigenvalue weighted by atomic mass is 32.2. The topological polar surface area (TPSA) is 102 Å². The Balaban J connectivity index is 1.43. The van der Waals surface area contributed by atoms with Crippen molar-refractivity contribution in [2.75, 3.05) is 19.7 Å². The van der Waals surface area contributed by atoms with Gasteiger partial charge >= 0.3 is 22.4 Å². The van der Waals surface area contributed by atoms with Crippen molar-refractivity contribution in [2.24, 2.45) is 0 Å². The maximum atomic E-state index is 14.0. The number of piperidine rings is 1. The highest BCUT2D eigenvalue weighted by Crippen LogP contribution is 2.43. The quantitative estimate of drug-likeness (QED) is 0.132. The molecular formula is C28H21F8NO7S. The molecule has 2 aliphatic rings. The van der Waals surface area contributed by atoms with Gasteiger partial charge in [0.2, 0.25) is 34.8 Å². The molecule has 1 saturated heterocycles. The number of fused-ring (bicyclic) bond motifs is 1. The van der Waals surface area contributed by atoms with Crippen molar-refractivity contribution in [1.82, 2.24) is 4.90 Å².